The molecule has 1 saturated carbocycles. The fourth-order valence-corrected chi connectivity index (χ4v) is 2.10. The first-order valence-corrected chi connectivity index (χ1v) is 5.49. The highest BCUT2D eigenvalue weighted by molar-refractivity contribution is 4.83. The molecular formula is C10H18N4O. The molecule has 5 nitrogen and oxygen atoms in total. The Bertz CT molecular complexity index is 275. The molecule has 0 bridgehead atoms. The SMILES string of the molecule is COC1CCCC(NCc2ncn[nH]2)C1. The number of aromatic amines is 1. The van der Waals surface area contributed by atoms with Crippen molar-refractivity contribution in [1.29, 1.82) is 0 Å². The van der Waals surface area contributed by atoms with Gasteiger partial charge in [0.2, 0.25) is 0 Å². The van der Waals surface area contributed by atoms with Crippen LogP contribution in [0.2, 0.25) is 0 Å². The summed E-state index contributed by atoms with van der Waals surface area (Å²) in [6.07, 6.45) is 6.73. The Morgan fingerprint density at radius 2 is 2.53 bits per heavy atom. The van der Waals surface area contributed by atoms with E-state index >= 15 is 0 Å². The fraction of sp³-hybridized carbons (Fsp3) is 0.800. The van der Waals surface area contributed by atoms with Crippen LogP contribution in [-0.2, 0) is 11.3 Å². The van der Waals surface area contributed by atoms with E-state index in [4.69, 9.17) is 4.74 Å². The van der Waals surface area contributed by atoms with E-state index in [1.54, 1.807) is 7.11 Å². The summed E-state index contributed by atoms with van der Waals surface area (Å²) >= 11 is 0. The Labute approximate surface area is 89.6 Å². The van der Waals surface area contributed by atoms with E-state index in [1.807, 2.05) is 0 Å². The van der Waals surface area contributed by atoms with Crippen LogP contribution in [0.3, 0.4) is 0 Å². The van der Waals surface area contributed by atoms with Crippen molar-refractivity contribution in [3.8, 4) is 0 Å². The highest BCUT2D eigenvalue weighted by Gasteiger charge is 2.21. The molecule has 1 aromatic heterocycles. The third kappa shape index (κ3) is 3.00. The van der Waals surface area contributed by atoms with Crippen molar-refractivity contribution in [1.82, 2.24) is 20.5 Å². The maximum absolute atomic E-state index is 5.38. The molecule has 0 saturated heterocycles. The van der Waals surface area contributed by atoms with Crippen LogP contribution in [0.15, 0.2) is 6.33 Å². The van der Waals surface area contributed by atoms with Crippen LogP contribution in [0.25, 0.3) is 0 Å². The van der Waals surface area contributed by atoms with Gasteiger partial charge in [0.1, 0.15) is 12.2 Å². The van der Waals surface area contributed by atoms with Crippen LogP contribution in [0.5, 0.6) is 0 Å². The quantitative estimate of drug-likeness (QED) is 0.773. The Morgan fingerprint density at radius 1 is 1.60 bits per heavy atom. The van der Waals surface area contributed by atoms with E-state index in [9.17, 15) is 0 Å². The Kier molecular flexibility index (Phi) is 3.69. The predicted molar refractivity (Wildman–Crippen MR) is 56.3 cm³/mol. The minimum absolute atomic E-state index is 0.422. The van der Waals surface area contributed by atoms with Gasteiger partial charge in [0.25, 0.3) is 0 Å². The summed E-state index contributed by atoms with van der Waals surface area (Å²) in [5.41, 5.74) is 0. The van der Waals surface area contributed by atoms with E-state index in [0.717, 1.165) is 18.8 Å². The Hall–Kier alpha value is -0.940. The van der Waals surface area contributed by atoms with Crippen molar-refractivity contribution in [2.45, 2.75) is 44.4 Å². The minimum atomic E-state index is 0.422. The van der Waals surface area contributed by atoms with Gasteiger partial charge in [-0.2, -0.15) is 5.10 Å². The van der Waals surface area contributed by atoms with Crippen LogP contribution in [0.4, 0.5) is 0 Å². The van der Waals surface area contributed by atoms with Crippen molar-refractivity contribution in [2.75, 3.05) is 7.11 Å². The molecule has 2 atom stereocenters. The number of hydrogen-bond donors (Lipinski definition) is 2. The maximum atomic E-state index is 5.38. The molecule has 0 radical (unpaired) electrons. The lowest BCUT2D eigenvalue weighted by Crippen LogP contribution is -2.36. The van der Waals surface area contributed by atoms with Crippen LogP contribution in [0, 0.1) is 0 Å². The minimum Gasteiger partial charge on any atom is -0.381 e. The molecule has 2 unspecified atom stereocenters. The van der Waals surface area contributed by atoms with Crippen molar-refractivity contribution in [3.05, 3.63) is 12.2 Å². The maximum Gasteiger partial charge on any atom is 0.138 e. The normalized spacial score (nSPS) is 26.7. The van der Waals surface area contributed by atoms with Gasteiger partial charge in [-0.15, -0.1) is 0 Å². The zero-order chi connectivity index (χ0) is 10.5. The molecule has 0 aliphatic heterocycles. The molecule has 1 aromatic rings. The first-order valence-electron chi connectivity index (χ1n) is 5.49. The van der Waals surface area contributed by atoms with Crippen molar-refractivity contribution >= 4 is 0 Å². The lowest BCUT2D eigenvalue weighted by molar-refractivity contribution is 0.0585. The van der Waals surface area contributed by atoms with Crippen LogP contribution < -0.4 is 5.32 Å². The fourth-order valence-electron chi connectivity index (χ4n) is 2.10. The Balaban J connectivity index is 1.74. The van der Waals surface area contributed by atoms with Gasteiger partial charge in [-0.3, -0.25) is 5.10 Å². The van der Waals surface area contributed by atoms with Gasteiger partial charge in [-0.05, 0) is 25.7 Å². The second-order valence-electron chi connectivity index (χ2n) is 4.03. The molecule has 0 spiro atoms. The molecule has 5 heteroatoms. The average Bonchev–Trinajstić information content (AvgIpc) is 2.79. The summed E-state index contributed by atoms with van der Waals surface area (Å²) in [6.45, 7) is 0.765. The lowest BCUT2D eigenvalue weighted by Gasteiger charge is -2.28. The molecule has 84 valence electrons. The predicted octanol–water partition coefficient (Wildman–Crippen LogP) is 0.852. The van der Waals surface area contributed by atoms with Gasteiger partial charge in [0.05, 0.1) is 12.6 Å². The van der Waals surface area contributed by atoms with E-state index in [1.165, 1.54) is 25.6 Å². The monoisotopic (exact) mass is 210 g/mol. The number of nitrogens with one attached hydrogen (secondary N) is 2. The molecule has 2 N–H and O–H groups in total. The molecule has 1 aliphatic rings. The van der Waals surface area contributed by atoms with Crippen LogP contribution in [0.1, 0.15) is 31.5 Å². The Morgan fingerprint density at radius 3 is 3.27 bits per heavy atom. The molecule has 1 heterocycles. The number of ether oxygens (including phenoxy) is 1. The molecule has 1 fully saturated rings. The van der Waals surface area contributed by atoms with Crippen LogP contribution >= 0.6 is 0 Å². The van der Waals surface area contributed by atoms with Crippen molar-refractivity contribution in [2.24, 2.45) is 0 Å². The number of aromatic nitrogens is 3. The highest BCUT2D eigenvalue weighted by atomic mass is 16.5. The molecule has 15 heavy (non-hydrogen) atoms. The second kappa shape index (κ2) is 5.23. The summed E-state index contributed by atoms with van der Waals surface area (Å²) in [5.74, 6) is 0.898. The van der Waals surface area contributed by atoms with E-state index in [-0.39, 0.29) is 0 Å². The standard InChI is InChI=1S/C10H18N4O/c1-15-9-4-2-3-8(5-9)11-6-10-12-7-13-14-10/h7-9,11H,2-6H2,1H3,(H,12,13,14). The second-order valence-corrected chi connectivity index (χ2v) is 4.03. The van der Waals surface area contributed by atoms with Gasteiger partial charge in [0.15, 0.2) is 0 Å². The number of methoxy groups -OCH3 is 1. The van der Waals surface area contributed by atoms with Crippen molar-refractivity contribution in [3.63, 3.8) is 0 Å². The van der Waals surface area contributed by atoms with E-state index in [0.29, 0.717) is 12.1 Å². The van der Waals surface area contributed by atoms with Gasteiger partial charge in [0, 0.05) is 13.2 Å². The number of nitrogens with zero attached hydrogens (tertiary/aromatic N) is 2. The first kappa shape index (κ1) is 10.6. The zero-order valence-corrected chi connectivity index (χ0v) is 9.07. The average molecular weight is 210 g/mol. The third-order valence-electron chi connectivity index (χ3n) is 2.98. The summed E-state index contributed by atoms with van der Waals surface area (Å²) < 4.78 is 5.38. The molecule has 2 rings (SSSR count). The molecular weight excluding hydrogens is 192 g/mol. The summed E-state index contributed by atoms with van der Waals surface area (Å²) in [6, 6.07) is 0.550. The smallest absolute Gasteiger partial charge is 0.138 e. The number of H-pyrrole nitrogens is 1. The largest absolute Gasteiger partial charge is 0.381 e. The summed E-state index contributed by atoms with van der Waals surface area (Å²) in [5, 5.41) is 10.1. The van der Waals surface area contributed by atoms with Gasteiger partial charge < -0.3 is 10.1 Å². The third-order valence-corrected chi connectivity index (χ3v) is 2.98. The van der Waals surface area contributed by atoms with Gasteiger partial charge in [-0.25, -0.2) is 4.98 Å². The number of hydrogen-bond acceptors (Lipinski definition) is 4. The summed E-state index contributed by atoms with van der Waals surface area (Å²) in [7, 11) is 1.80. The van der Waals surface area contributed by atoms with E-state index < -0.39 is 0 Å². The van der Waals surface area contributed by atoms with Crippen LogP contribution in [-0.4, -0.2) is 34.4 Å². The van der Waals surface area contributed by atoms with E-state index in [2.05, 4.69) is 20.5 Å². The topological polar surface area (TPSA) is 62.8 Å². The van der Waals surface area contributed by atoms with Crippen molar-refractivity contribution < 1.29 is 4.74 Å². The van der Waals surface area contributed by atoms with Gasteiger partial charge >= 0.3 is 0 Å². The van der Waals surface area contributed by atoms with Gasteiger partial charge in [-0.1, -0.05) is 0 Å². The number of rotatable bonds is 4. The highest BCUT2D eigenvalue weighted by Crippen LogP contribution is 2.20. The molecule has 0 aromatic carbocycles. The molecule has 1 aliphatic carbocycles. The molecule has 0 amide bonds. The summed E-state index contributed by atoms with van der Waals surface area (Å²) in [4.78, 5) is 4.08. The first-order chi connectivity index (χ1) is 7.38. The zero-order valence-electron chi connectivity index (χ0n) is 9.07. The lowest BCUT2D eigenvalue weighted by atomic mass is 9.93.